The molecule has 0 bridgehead atoms. The molecule has 5 nitrogen and oxygen atoms in total. The standard InChI is InChI=1S/C19H23N3O2S/c1-13-17(25-19-20-9-12-22(13)19)18(23)21-10-7-14(8-11-21)15-5-3-4-6-16(15)24-2/h3-6,14H,7-12H2,1-2H3. The second kappa shape index (κ2) is 6.75. The number of fused-ring (bicyclic) bond motifs is 1. The third-order valence-corrected chi connectivity index (χ3v) is 6.49. The van der Waals surface area contributed by atoms with Crippen molar-refractivity contribution in [3.05, 3.63) is 40.4 Å². The minimum atomic E-state index is 0.165. The van der Waals surface area contributed by atoms with Gasteiger partial charge in [0.15, 0.2) is 5.17 Å². The van der Waals surface area contributed by atoms with Gasteiger partial charge in [-0.25, -0.2) is 0 Å². The molecule has 3 aliphatic rings. The maximum absolute atomic E-state index is 12.9. The van der Waals surface area contributed by atoms with Crippen LogP contribution in [0.5, 0.6) is 5.75 Å². The van der Waals surface area contributed by atoms with E-state index in [0.717, 1.165) is 60.5 Å². The maximum Gasteiger partial charge on any atom is 0.262 e. The molecule has 3 heterocycles. The summed E-state index contributed by atoms with van der Waals surface area (Å²) in [5.74, 6) is 1.58. The van der Waals surface area contributed by atoms with Crippen molar-refractivity contribution in [2.75, 3.05) is 33.3 Å². The molecule has 1 aromatic carbocycles. The van der Waals surface area contributed by atoms with Gasteiger partial charge in [0.05, 0.1) is 18.6 Å². The van der Waals surface area contributed by atoms with Gasteiger partial charge in [0.25, 0.3) is 5.91 Å². The van der Waals surface area contributed by atoms with Crippen molar-refractivity contribution in [3.63, 3.8) is 0 Å². The first-order chi connectivity index (χ1) is 12.2. The fourth-order valence-electron chi connectivity index (χ4n) is 3.85. The predicted octanol–water partition coefficient (Wildman–Crippen LogP) is 3.05. The lowest BCUT2D eigenvalue weighted by Crippen LogP contribution is -2.38. The summed E-state index contributed by atoms with van der Waals surface area (Å²) in [5, 5.41) is 0.991. The highest BCUT2D eigenvalue weighted by atomic mass is 32.2. The first kappa shape index (κ1) is 16.5. The first-order valence-corrected chi connectivity index (χ1v) is 9.63. The topological polar surface area (TPSA) is 45.1 Å². The zero-order valence-corrected chi connectivity index (χ0v) is 15.5. The average molecular weight is 357 g/mol. The van der Waals surface area contributed by atoms with Crippen molar-refractivity contribution in [2.45, 2.75) is 25.7 Å². The van der Waals surface area contributed by atoms with Crippen molar-refractivity contribution in [1.29, 1.82) is 0 Å². The molecule has 25 heavy (non-hydrogen) atoms. The van der Waals surface area contributed by atoms with Crippen LogP contribution in [-0.2, 0) is 4.79 Å². The summed E-state index contributed by atoms with van der Waals surface area (Å²) in [5.41, 5.74) is 2.33. The van der Waals surface area contributed by atoms with Gasteiger partial charge in [-0.1, -0.05) is 18.2 Å². The molecule has 3 aliphatic heterocycles. The number of methoxy groups -OCH3 is 1. The number of para-hydroxylation sites is 1. The molecule has 0 saturated carbocycles. The van der Waals surface area contributed by atoms with Gasteiger partial charge in [-0.15, -0.1) is 0 Å². The summed E-state index contributed by atoms with van der Waals surface area (Å²) in [6.45, 7) is 5.37. The van der Waals surface area contributed by atoms with Crippen LogP contribution >= 0.6 is 11.8 Å². The van der Waals surface area contributed by atoms with E-state index in [1.165, 1.54) is 17.3 Å². The quantitative estimate of drug-likeness (QED) is 0.834. The highest BCUT2D eigenvalue weighted by molar-refractivity contribution is 8.18. The third-order valence-electron chi connectivity index (χ3n) is 5.28. The Kier molecular flexibility index (Phi) is 4.46. The molecular weight excluding hydrogens is 334 g/mol. The number of carbonyl (C=O) groups excluding carboxylic acids is 1. The van der Waals surface area contributed by atoms with Crippen molar-refractivity contribution in [2.24, 2.45) is 4.99 Å². The Hall–Kier alpha value is -1.95. The van der Waals surface area contributed by atoms with Crippen LogP contribution in [0.25, 0.3) is 0 Å². The highest BCUT2D eigenvalue weighted by Crippen LogP contribution is 2.39. The minimum absolute atomic E-state index is 0.165. The number of hydrogen-bond donors (Lipinski definition) is 0. The second-order valence-electron chi connectivity index (χ2n) is 6.64. The van der Waals surface area contributed by atoms with Crippen LogP contribution in [0.2, 0.25) is 0 Å². The van der Waals surface area contributed by atoms with E-state index in [2.05, 4.69) is 22.0 Å². The van der Waals surface area contributed by atoms with Crippen LogP contribution in [0.15, 0.2) is 39.9 Å². The molecule has 0 radical (unpaired) electrons. The molecule has 6 heteroatoms. The molecule has 1 amide bonds. The lowest BCUT2D eigenvalue weighted by atomic mass is 9.89. The Labute approximate surface area is 152 Å². The monoisotopic (exact) mass is 357 g/mol. The van der Waals surface area contributed by atoms with Crippen molar-refractivity contribution in [3.8, 4) is 5.75 Å². The largest absolute Gasteiger partial charge is 0.496 e. The van der Waals surface area contributed by atoms with Crippen molar-refractivity contribution < 1.29 is 9.53 Å². The number of carbonyl (C=O) groups is 1. The Bertz CT molecular complexity index is 751. The normalized spacial score (nSPS) is 20.8. The number of likely N-dealkylation sites (tertiary alicyclic amines) is 1. The van der Waals surface area contributed by atoms with Gasteiger partial charge in [0.1, 0.15) is 5.75 Å². The summed E-state index contributed by atoms with van der Waals surface area (Å²) < 4.78 is 5.50. The number of benzene rings is 1. The number of amidine groups is 1. The van der Waals surface area contributed by atoms with Gasteiger partial charge in [0.2, 0.25) is 0 Å². The number of thioether (sulfide) groups is 1. The van der Waals surface area contributed by atoms with E-state index in [4.69, 9.17) is 4.74 Å². The fourth-order valence-corrected chi connectivity index (χ4v) is 5.00. The summed E-state index contributed by atoms with van der Waals surface area (Å²) in [4.78, 5) is 22.4. The number of ether oxygens (including phenoxy) is 1. The lowest BCUT2D eigenvalue weighted by molar-refractivity contribution is -0.127. The lowest BCUT2D eigenvalue weighted by Gasteiger charge is -2.33. The van der Waals surface area contributed by atoms with Crippen LogP contribution in [0.4, 0.5) is 0 Å². The van der Waals surface area contributed by atoms with Crippen LogP contribution in [-0.4, -0.2) is 54.2 Å². The van der Waals surface area contributed by atoms with E-state index in [9.17, 15) is 4.79 Å². The molecule has 0 aliphatic carbocycles. The Morgan fingerprint density at radius 1 is 1.24 bits per heavy atom. The number of hydrogen-bond acceptors (Lipinski definition) is 5. The Balaban J connectivity index is 1.43. The Morgan fingerprint density at radius 2 is 2.00 bits per heavy atom. The molecule has 0 atom stereocenters. The third kappa shape index (κ3) is 2.92. The molecule has 0 aromatic heterocycles. The molecule has 132 valence electrons. The van der Waals surface area contributed by atoms with Crippen molar-refractivity contribution >= 4 is 22.8 Å². The van der Waals surface area contributed by atoms with E-state index in [-0.39, 0.29) is 5.91 Å². The minimum Gasteiger partial charge on any atom is -0.496 e. The van der Waals surface area contributed by atoms with Crippen molar-refractivity contribution in [1.82, 2.24) is 9.80 Å². The molecule has 1 aromatic rings. The first-order valence-electron chi connectivity index (χ1n) is 8.82. The van der Waals surface area contributed by atoms with Gasteiger partial charge in [0, 0.05) is 25.3 Å². The molecule has 0 N–H and O–H groups in total. The predicted molar refractivity (Wildman–Crippen MR) is 101 cm³/mol. The highest BCUT2D eigenvalue weighted by Gasteiger charge is 2.36. The van der Waals surface area contributed by atoms with Crippen LogP contribution in [0.1, 0.15) is 31.2 Å². The molecule has 1 fully saturated rings. The molecular formula is C19H23N3O2S. The molecule has 0 spiro atoms. The molecule has 4 rings (SSSR count). The molecule has 1 saturated heterocycles. The van der Waals surface area contributed by atoms with Gasteiger partial charge in [-0.3, -0.25) is 9.79 Å². The van der Waals surface area contributed by atoms with Gasteiger partial charge >= 0.3 is 0 Å². The van der Waals surface area contributed by atoms with Gasteiger partial charge in [-0.2, -0.15) is 0 Å². The SMILES string of the molecule is COc1ccccc1C1CCN(C(=O)C2=C(C)N3CCN=C3S2)CC1. The van der Waals surface area contributed by atoms with E-state index in [1.54, 1.807) is 7.11 Å². The number of rotatable bonds is 3. The number of amides is 1. The fraction of sp³-hybridized carbons (Fsp3) is 0.474. The van der Waals surface area contributed by atoms with Gasteiger partial charge < -0.3 is 14.5 Å². The summed E-state index contributed by atoms with van der Waals surface area (Å²) in [6.07, 6.45) is 1.96. The molecule has 0 unspecified atom stereocenters. The van der Waals surface area contributed by atoms with E-state index < -0.39 is 0 Å². The number of aliphatic imine (C=N–C) groups is 1. The Morgan fingerprint density at radius 3 is 2.72 bits per heavy atom. The van der Waals surface area contributed by atoms with Crippen LogP contribution in [0.3, 0.4) is 0 Å². The van der Waals surface area contributed by atoms with Crippen LogP contribution < -0.4 is 4.74 Å². The zero-order valence-electron chi connectivity index (χ0n) is 14.7. The van der Waals surface area contributed by atoms with E-state index >= 15 is 0 Å². The van der Waals surface area contributed by atoms with E-state index in [0.29, 0.717) is 5.92 Å². The summed E-state index contributed by atoms with van der Waals surface area (Å²) >= 11 is 1.54. The second-order valence-corrected chi connectivity index (χ2v) is 7.62. The zero-order chi connectivity index (χ0) is 17.4. The summed E-state index contributed by atoms with van der Waals surface area (Å²) in [6, 6.07) is 8.23. The number of piperidine rings is 1. The summed E-state index contributed by atoms with van der Waals surface area (Å²) in [7, 11) is 1.72. The average Bonchev–Trinajstić information content (AvgIpc) is 3.24. The number of allylic oxidation sites excluding steroid dienone is 1. The number of nitrogens with zero attached hydrogens (tertiary/aromatic N) is 3. The van der Waals surface area contributed by atoms with Gasteiger partial charge in [-0.05, 0) is 49.1 Å². The van der Waals surface area contributed by atoms with E-state index in [1.807, 2.05) is 24.0 Å². The smallest absolute Gasteiger partial charge is 0.262 e. The maximum atomic E-state index is 12.9. The van der Waals surface area contributed by atoms with Crippen LogP contribution in [0, 0.1) is 0 Å².